The van der Waals surface area contributed by atoms with E-state index in [4.69, 9.17) is 5.73 Å². The van der Waals surface area contributed by atoms with Gasteiger partial charge in [0.2, 0.25) is 0 Å². The van der Waals surface area contributed by atoms with Gasteiger partial charge >= 0.3 is 0 Å². The molecule has 1 aromatic carbocycles. The van der Waals surface area contributed by atoms with E-state index in [-0.39, 0.29) is 17.8 Å². The average Bonchev–Trinajstić information content (AvgIpc) is 2.01. The second-order valence-electron chi connectivity index (χ2n) is 4.51. The predicted octanol–water partition coefficient (Wildman–Crippen LogP) is 3.43. The van der Waals surface area contributed by atoms with E-state index in [2.05, 4.69) is 0 Å². The molecule has 0 fully saturated rings. The summed E-state index contributed by atoms with van der Waals surface area (Å²) >= 11 is 0. The van der Waals surface area contributed by atoms with Crippen LogP contribution in [0.4, 0.5) is 8.78 Å². The first-order valence-corrected chi connectivity index (χ1v) is 4.53. The molecule has 15 heavy (non-hydrogen) atoms. The molecule has 0 aliphatic rings. The van der Waals surface area contributed by atoms with Gasteiger partial charge in [-0.3, -0.25) is 0 Å². The molecule has 0 heterocycles. The zero-order valence-electron chi connectivity index (χ0n) is 9.05. The molecule has 0 aromatic heterocycles. The maximum atomic E-state index is 13.3. The maximum Gasteiger partial charge on any atom is 0.130 e. The highest BCUT2D eigenvalue weighted by Crippen LogP contribution is 2.31. The quantitative estimate of drug-likeness (QED) is 0.793. The van der Waals surface area contributed by atoms with Crippen LogP contribution in [-0.4, -0.2) is 0 Å². The van der Waals surface area contributed by atoms with Crippen molar-refractivity contribution < 1.29 is 8.78 Å². The Labute approximate surface area is 95.1 Å². The second-order valence-corrected chi connectivity index (χ2v) is 4.51. The summed E-state index contributed by atoms with van der Waals surface area (Å²) < 4.78 is 25.9. The van der Waals surface area contributed by atoms with Gasteiger partial charge in [-0.15, -0.1) is 12.4 Å². The van der Waals surface area contributed by atoms with Crippen molar-refractivity contribution in [1.82, 2.24) is 0 Å². The lowest BCUT2D eigenvalue weighted by atomic mass is 9.83. The summed E-state index contributed by atoms with van der Waals surface area (Å²) in [5, 5.41) is 0. The van der Waals surface area contributed by atoms with Crippen LogP contribution >= 0.6 is 12.4 Å². The van der Waals surface area contributed by atoms with Crippen molar-refractivity contribution in [3.05, 3.63) is 35.4 Å². The minimum Gasteiger partial charge on any atom is -0.323 e. The van der Waals surface area contributed by atoms with E-state index in [1.807, 2.05) is 20.8 Å². The lowest BCUT2D eigenvalue weighted by Crippen LogP contribution is -2.27. The van der Waals surface area contributed by atoms with Crippen LogP contribution in [0.15, 0.2) is 18.2 Å². The number of rotatable bonds is 1. The monoisotopic (exact) mass is 235 g/mol. The lowest BCUT2D eigenvalue weighted by Gasteiger charge is -2.27. The largest absolute Gasteiger partial charge is 0.323 e. The zero-order valence-corrected chi connectivity index (χ0v) is 9.87. The fraction of sp³-hybridized carbons (Fsp3) is 0.455. The van der Waals surface area contributed by atoms with Gasteiger partial charge in [0.1, 0.15) is 11.6 Å². The van der Waals surface area contributed by atoms with Gasteiger partial charge in [0, 0.05) is 17.7 Å². The molecule has 0 unspecified atom stereocenters. The van der Waals surface area contributed by atoms with Crippen molar-refractivity contribution in [2.24, 2.45) is 11.1 Å². The van der Waals surface area contributed by atoms with Crippen LogP contribution in [0.1, 0.15) is 32.4 Å². The lowest BCUT2D eigenvalue weighted by molar-refractivity contribution is 0.318. The average molecular weight is 236 g/mol. The third-order valence-electron chi connectivity index (χ3n) is 2.23. The van der Waals surface area contributed by atoms with Crippen LogP contribution in [-0.2, 0) is 0 Å². The molecule has 0 saturated heterocycles. The molecule has 0 bridgehead atoms. The minimum absolute atomic E-state index is 0. The Bertz CT molecular complexity index is 334. The number of halogens is 3. The first-order valence-electron chi connectivity index (χ1n) is 4.53. The smallest absolute Gasteiger partial charge is 0.130 e. The van der Waals surface area contributed by atoms with Crippen molar-refractivity contribution in [2.45, 2.75) is 26.8 Å². The molecule has 1 rings (SSSR count). The van der Waals surface area contributed by atoms with Gasteiger partial charge in [0.25, 0.3) is 0 Å². The number of benzene rings is 1. The fourth-order valence-electron chi connectivity index (χ4n) is 1.22. The van der Waals surface area contributed by atoms with Crippen molar-refractivity contribution in [1.29, 1.82) is 0 Å². The third-order valence-corrected chi connectivity index (χ3v) is 2.23. The van der Waals surface area contributed by atoms with E-state index in [9.17, 15) is 8.78 Å². The summed E-state index contributed by atoms with van der Waals surface area (Å²) in [5.41, 5.74) is 5.98. The van der Waals surface area contributed by atoms with E-state index in [0.29, 0.717) is 5.56 Å². The normalized spacial score (nSPS) is 13.2. The Morgan fingerprint density at radius 1 is 1.20 bits per heavy atom. The van der Waals surface area contributed by atoms with Crippen LogP contribution in [0.5, 0.6) is 0 Å². The highest BCUT2D eigenvalue weighted by atomic mass is 35.5. The zero-order chi connectivity index (χ0) is 10.9. The summed E-state index contributed by atoms with van der Waals surface area (Å²) in [7, 11) is 0. The van der Waals surface area contributed by atoms with Gasteiger partial charge in [-0.1, -0.05) is 26.8 Å². The first-order chi connectivity index (χ1) is 6.32. The Morgan fingerprint density at radius 3 is 2.13 bits per heavy atom. The Balaban J connectivity index is 0.00000196. The Hall–Kier alpha value is -0.670. The highest BCUT2D eigenvalue weighted by molar-refractivity contribution is 5.85. The van der Waals surface area contributed by atoms with Gasteiger partial charge in [0.15, 0.2) is 0 Å². The van der Waals surface area contributed by atoms with Crippen LogP contribution in [0.2, 0.25) is 0 Å². The Kier molecular flexibility index (Phi) is 4.68. The van der Waals surface area contributed by atoms with Gasteiger partial charge in [0.05, 0.1) is 0 Å². The van der Waals surface area contributed by atoms with Crippen LogP contribution in [0.25, 0.3) is 0 Å². The SMILES string of the molecule is CC(C)(C)[C@H](N)c1ccc(F)cc1F.Cl. The van der Waals surface area contributed by atoms with E-state index < -0.39 is 17.7 Å². The molecule has 0 radical (unpaired) electrons. The molecule has 0 saturated carbocycles. The van der Waals surface area contributed by atoms with Gasteiger partial charge in [-0.05, 0) is 11.5 Å². The standard InChI is InChI=1S/C11H15F2N.ClH/c1-11(2,3)10(14)8-5-4-7(12)6-9(8)13;/h4-6,10H,14H2,1-3H3;1H/t10-;/m1./s1. The first kappa shape index (κ1) is 14.3. The van der Waals surface area contributed by atoms with Gasteiger partial charge in [-0.2, -0.15) is 0 Å². The third kappa shape index (κ3) is 3.43. The molecule has 4 heteroatoms. The molecule has 0 aliphatic carbocycles. The summed E-state index contributed by atoms with van der Waals surface area (Å²) in [5.74, 6) is -1.15. The maximum absolute atomic E-state index is 13.3. The molecule has 1 nitrogen and oxygen atoms in total. The second kappa shape index (κ2) is 4.90. The minimum atomic E-state index is -0.577. The van der Waals surface area contributed by atoms with E-state index >= 15 is 0 Å². The van der Waals surface area contributed by atoms with Crippen LogP contribution in [0, 0.1) is 17.0 Å². The van der Waals surface area contributed by atoms with Crippen LogP contribution in [0.3, 0.4) is 0 Å². The molecular weight excluding hydrogens is 220 g/mol. The summed E-state index contributed by atoms with van der Waals surface area (Å²) in [6, 6.07) is 3.06. The number of nitrogens with two attached hydrogens (primary N) is 1. The summed E-state index contributed by atoms with van der Waals surface area (Å²) in [6.45, 7) is 5.75. The van der Waals surface area contributed by atoms with E-state index in [1.165, 1.54) is 12.1 Å². The molecule has 1 atom stereocenters. The van der Waals surface area contributed by atoms with Crippen molar-refractivity contribution in [2.75, 3.05) is 0 Å². The molecule has 86 valence electrons. The Morgan fingerprint density at radius 2 is 1.73 bits per heavy atom. The van der Waals surface area contributed by atoms with Crippen molar-refractivity contribution >= 4 is 12.4 Å². The van der Waals surface area contributed by atoms with Crippen molar-refractivity contribution in [3.8, 4) is 0 Å². The molecule has 1 aromatic rings. The van der Waals surface area contributed by atoms with E-state index in [1.54, 1.807) is 0 Å². The summed E-state index contributed by atoms with van der Waals surface area (Å²) in [6.07, 6.45) is 0. The van der Waals surface area contributed by atoms with Gasteiger partial charge < -0.3 is 5.73 Å². The fourth-order valence-corrected chi connectivity index (χ4v) is 1.22. The van der Waals surface area contributed by atoms with Crippen molar-refractivity contribution in [3.63, 3.8) is 0 Å². The molecule has 0 amide bonds. The molecule has 0 spiro atoms. The molecule has 2 N–H and O–H groups in total. The molecular formula is C11H16ClF2N. The molecule has 0 aliphatic heterocycles. The number of hydrogen-bond acceptors (Lipinski definition) is 1. The number of hydrogen-bond donors (Lipinski definition) is 1. The van der Waals surface area contributed by atoms with E-state index in [0.717, 1.165) is 6.07 Å². The predicted molar refractivity (Wildman–Crippen MR) is 60.0 cm³/mol. The van der Waals surface area contributed by atoms with Gasteiger partial charge in [-0.25, -0.2) is 8.78 Å². The topological polar surface area (TPSA) is 26.0 Å². The highest BCUT2D eigenvalue weighted by Gasteiger charge is 2.24. The summed E-state index contributed by atoms with van der Waals surface area (Å²) in [4.78, 5) is 0. The van der Waals surface area contributed by atoms with Crippen LogP contribution < -0.4 is 5.73 Å².